The Morgan fingerprint density at radius 2 is 2.10 bits per heavy atom. The molecule has 4 rings (SSSR count). The minimum absolute atomic E-state index is 0.274. The SMILES string of the molecule is Cc1[nH]nc2c1C1(CCNCC1)Oc1cc(F)ccc1-2. The molecule has 0 unspecified atom stereocenters. The molecular weight excluding hydrogens is 257 g/mol. The van der Waals surface area contributed by atoms with Crippen LogP contribution in [0.1, 0.15) is 24.1 Å². The van der Waals surface area contributed by atoms with Gasteiger partial charge < -0.3 is 10.1 Å². The summed E-state index contributed by atoms with van der Waals surface area (Å²) in [6, 6.07) is 4.67. The Morgan fingerprint density at radius 3 is 2.90 bits per heavy atom. The molecule has 1 saturated heterocycles. The Bertz CT molecular complexity index is 674. The summed E-state index contributed by atoms with van der Waals surface area (Å²) in [5, 5.41) is 10.8. The van der Waals surface area contributed by atoms with E-state index in [1.165, 1.54) is 12.1 Å². The Hall–Kier alpha value is -1.88. The van der Waals surface area contributed by atoms with E-state index >= 15 is 0 Å². The molecule has 0 atom stereocenters. The molecule has 0 aliphatic carbocycles. The van der Waals surface area contributed by atoms with Gasteiger partial charge in [0.1, 0.15) is 22.9 Å². The van der Waals surface area contributed by atoms with Crippen LogP contribution in [0.2, 0.25) is 0 Å². The number of aromatic nitrogens is 2. The van der Waals surface area contributed by atoms with Crippen molar-refractivity contribution in [2.45, 2.75) is 25.4 Å². The topological polar surface area (TPSA) is 49.9 Å². The highest BCUT2D eigenvalue weighted by molar-refractivity contribution is 5.74. The molecule has 3 heterocycles. The summed E-state index contributed by atoms with van der Waals surface area (Å²) >= 11 is 0. The van der Waals surface area contributed by atoms with E-state index in [0.29, 0.717) is 5.75 Å². The summed E-state index contributed by atoms with van der Waals surface area (Å²) in [5.41, 5.74) is 3.58. The molecule has 4 nitrogen and oxygen atoms in total. The van der Waals surface area contributed by atoms with E-state index in [1.54, 1.807) is 6.07 Å². The fourth-order valence-corrected chi connectivity index (χ4v) is 3.40. The third-order valence-corrected chi connectivity index (χ3v) is 4.32. The van der Waals surface area contributed by atoms with E-state index in [1.807, 2.05) is 6.92 Å². The van der Waals surface area contributed by atoms with Crippen LogP contribution in [-0.4, -0.2) is 23.3 Å². The number of nitrogens with zero attached hydrogens (tertiary/aromatic N) is 1. The third kappa shape index (κ3) is 1.53. The van der Waals surface area contributed by atoms with Gasteiger partial charge >= 0.3 is 0 Å². The van der Waals surface area contributed by atoms with Crippen LogP contribution in [0.4, 0.5) is 4.39 Å². The molecule has 5 heteroatoms. The van der Waals surface area contributed by atoms with Crippen LogP contribution in [0.25, 0.3) is 11.3 Å². The van der Waals surface area contributed by atoms with Crippen LogP contribution in [0.5, 0.6) is 5.75 Å². The smallest absolute Gasteiger partial charge is 0.140 e. The second kappa shape index (κ2) is 4.06. The standard InChI is InChI=1S/C15H16FN3O/c1-9-13-14(19-18-9)11-3-2-10(16)8-12(11)20-15(13)4-6-17-7-5-15/h2-3,8,17H,4-7H2,1H3,(H,18,19). The molecule has 2 N–H and O–H groups in total. The quantitative estimate of drug-likeness (QED) is 0.775. The van der Waals surface area contributed by atoms with E-state index in [0.717, 1.165) is 48.4 Å². The van der Waals surface area contributed by atoms with Crippen molar-refractivity contribution < 1.29 is 9.13 Å². The molecule has 0 amide bonds. The zero-order chi connectivity index (χ0) is 13.7. The number of nitrogens with one attached hydrogen (secondary N) is 2. The number of H-pyrrole nitrogens is 1. The van der Waals surface area contributed by atoms with Gasteiger partial charge in [0, 0.05) is 35.7 Å². The highest BCUT2D eigenvalue weighted by atomic mass is 19.1. The van der Waals surface area contributed by atoms with Gasteiger partial charge in [-0.1, -0.05) is 0 Å². The molecule has 0 bridgehead atoms. The van der Waals surface area contributed by atoms with Crippen LogP contribution in [0, 0.1) is 12.7 Å². The van der Waals surface area contributed by atoms with Crippen molar-refractivity contribution in [1.29, 1.82) is 0 Å². The predicted octanol–water partition coefficient (Wildman–Crippen LogP) is 2.50. The summed E-state index contributed by atoms with van der Waals surface area (Å²) in [4.78, 5) is 0. The van der Waals surface area contributed by atoms with E-state index in [2.05, 4.69) is 15.5 Å². The summed E-state index contributed by atoms with van der Waals surface area (Å²) in [6.07, 6.45) is 1.74. The van der Waals surface area contributed by atoms with E-state index in [4.69, 9.17) is 4.74 Å². The average Bonchev–Trinajstić information content (AvgIpc) is 2.83. The number of aryl methyl sites for hydroxylation is 1. The van der Waals surface area contributed by atoms with Crippen molar-refractivity contribution in [2.24, 2.45) is 0 Å². The van der Waals surface area contributed by atoms with E-state index in [9.17, 15) is 4.39 Å². The molecule has 0 saturated carbocycles. The Morgan fingerprint density at radius 1 is 1.30 bits per heavy atom. The van der Waals surface area contributed by atoms with E-state index < -0.39 is 0 Å². The van der Waals surface area contributed by atoms with Crippen molar-refractivity contribution in [3.05, 3.63) is 35.3 Å². The lowest BCUT2D eigenvalue weighted by atomic mass is 9.80. The summed E-state index contributed by atoms with van der Waals surface area (Å²) in [6.45, 7) is 3.82. The number of ether oxygens (including phenoxy) is 1. The number of hydrogen-bond acceptors (Lipinski definition) is 3. The van der Waals surface area contributed by atoms with Gasteiger partial charge in [-0.15, -0.1) is 0 Å². The van der Waals surface area contributed by atoms with Crippen molar-refractivity contribution in [3.8, 4) is 17.0 Å². The number of piperidine rings is 1. The molecule has 2 aliphatic heterocycles. The minimum Gasteiger partial charge on any atom is -0.482 e. The van der Waals surface area contributed by atoms with Crippen molar-refractivity contribution in [1.82, 2.24) is 15.5 Å². The molecular formula is C15H16FN3O. The summed E-state index contributed by atoms with van der Waals surface area (Å²) in [5.74, 6) is 0.328. The van der Waals surface area contributed by atoms with Gasteiger partial charge in [0.25, 0.3) is 0 Å². The molecule has 20 heavy (non-hydrogen) atoms. The highest BCUT2D eigenvalue weighted by Gasteiger charge is 2.44. The first-order valence-electron chi connectivity index (χ1n) is 6.95. The Labute approximate surface area is 116 Å². The monoisotopic (exact) mass is 273 g/mol. The molecule has 2 aliphatic rings. The molecule has 1 spiro atoms. The number of hydrogen-bond donors (Lipinski definition) is 2. The fraction of sp³-hybridized carbons (Fsp3) is 0.400. The maximum absolute atomic E-state index is 13.5. The fourth-order valence-electron chi connectivity index (χ4n) is 3.40. The number of halogens is 1. The van der Waals surface area contributed by atoms with Gasteiger partial charge in [0.2, 0.25) is 0 Å². The minimum atomic E-state index is -0.377. The van der Waals surface area contributed by atoms with Gasteiger partial charge in [-0.25, -0.2) is 4.39 Å². The van der Waals surface area contributed by atoms with Gasteiger partial charge in [-0.2, -0.15) is 5.10 Å². The lowest BCUT2D eigenvalue weighted by molar-refractivity contribution is 0.0299. The molecule has 2 aromatic rings. The highest BCUT2D eigenvalue weighted by Crippen LogP contribution is 2.49. The van der Waals surface area contributed by atoms with Crippen LogP contribution in [0.15, 0.2) is 18.2 Å². The number of rotatable bonds is 0. The molecule has 104 valence electrons. The number of aromatic amines is 1. The largest absolute Gasteiger partial charge is 0.482 e. The molecule has 1 fully saturated rings. The van der Waals surface area contributed by atoms with Crippen LogP contribution < -0.4 is 10.1 Å². The maximum Gasteiger partial charge on any atom is 0.140 e. The van der Waals surface area contributed by atoms with Crippen LogP contribution >= 0.6 is 0 Å². The Kier molecular flexibility index (Phi) is 2.41. The van der Waals surface area contributed by atoms with Gasteiger partial charge in [0.15, 0.2) is 0 Å². The van der Waals surface area contributed by atoms with E-state index in [-0.39, 0.29) is 11.4 Å². The maximum atomic E-state index is 13.5. The van der Waals surface area contributed by atoms with Crippen LogP contribution in [-0.2, 0) is 5.60 Å². The average molecular weight is 273 g/mol. The molecule has 0 radical (unpaired) electrons. The van der Waals surface area contributed by atoms with Gasteiger partial charge in [0.05, 0.1) is 0 Å². The first-order valence-corrected chi connectivity index (χ1v) is 6.95. The first kappa shape index (κ1) is 11.9. The number of fused-ring (bicyclic) bond motifs is 4. The Balaban J connectivity index is 1.95. The summed E-state index contributed by atoms with van der Waals surface area (Å²) in [7, 11) is 0. The van der Waals surface area contributed by atoms with Crippen molar-refractivity contribution in [3.63, 3.8) is 0 Å². The normalized spacial score (nSPS) is 19.3. The van der Waals surface area contributed by atoms with Crippen molar-refractivity contribution in [2.75, 3.05) is 13.1 Å². The lowest BCUT2D eigenvalue weighted by Gasteiger charge is -2.41. The zero-order valence-electron chi connectivity index (χ0n) is 11.3. The zero-order valence-corrected chi connectivity index (χ0v) is 11.3. The first-order chi connectivity index (χ1) is 9.70. The van der Waals surface area contributed by atoms with Crippen molar-refractivity contribution >= 4 is 0 Å². The predicted molar refractivity (Wildman–Crippen MR) is 73.1 cm³/mol. The summed E-state index contributed by atoms with van der Waals surface area (Å²) < 4.78 is 19.8. The molecule has 1 aromatic heterocycles. The van der Waals surface area contributed by atoms with Crippen LogP contribution in [0.3, 0.4) is 0 Å². The number of benzene rings is 1. The second-order valence-electron chi connectivity index (χ2n) is 5.56. The molecule has 1 aromatic carbocycles. The van der Waals surface area contributed by atoms with Gasteiger partial charge in [-0.05, 0) is 32.1 Å². The van der Waals surface area contributed by atoms with Gasteiger partial charge in [-0.3, -0.25) is 5.10 Å². The second-order valence-corrected chi connectivity index (χ2v) is 5.56. The third-order valence-electron chi connectivity index (χ3n) is 4.32. The lowest BCUT2D eigenvalue weighted by Crippen LogP contribution is -2.45.